The summed E-state index contributed by atoms with van der Waals surface area (Å²) >= 11 is 0. The summed E-state index contributed by atoms with van der Waals surface area (Å²) in [7, 11) is 1.55. The van der Waals surface area contributed by atoms with Crippen LogP contribution in [-0.4, -0.2) is 22.4 Å². The van der Waals surface area contributed by atoms with Gasteiger partial charge in [-0.15, -0.1) is 0 Å². The van der Waals surface area contributed by atoms with Crippen LogP contribution in [0.15, 0.2) is 81.5 Å². The summed E-state index contributed by atoms with van der Waals surface area (Å²) in [6, 6.07) is 16.9. The molecule has 1 aliphatic heterocycles. The van der Waals surface area contributed by atoms with E-state index in [4.69, 9.17) is 13.9 Å². The molecule has 0 spiro atoms. The van der Waals surface area contributed by atoms with E-state index in [1.54, 1.807) is 43.5 Å². The summed E-state index contributed by atoms with van der Waals surface area (Å²) in [6.45, 7) is 2.09. The van der Waals surface area contributed by atoms with Crippen LogP contribution in [-0.2, 0) is 0 Å². The molecule has 7 heteroatoms. The van der Waals surface area contributed by atoms with Crippen LogP contribution in [0, 0.1) is 5.92 Å². The third-order valence-corrected chi connectivity index (χ3v) is 7.55. The maximum atomic E-state index is 11.9. The van der Waals surface area contributed by atoms with Crippen molar-refractivity contribution in [2.75, 3.05) is 7.11 Å². The van der Waals surface area contributed by atoms with Crippen LogP contribution in [0.1, 0.15) is 48.0 Å². The molecule has 2 unspecified atom stereocenters. The number of benzene rings is 3. The average Bonchev–Trinajstić information content (AvgIpc) is 2.88. The Kier molecular flexibility index (Phi) is 5.37. The minimum atomic E-state index is -0.480. The van der Waals surface area contributed by atoms with Gasteiger partial charge in [-0.3, -0.25) is 0 Å². The van der Waals surface area contributed by atoms with Gasteiger partial charge in [-0.2, -0.15) is 0 Å². The molecule has 0 radical (unpaired) electrons. The maximum absolute atomic E-state index is 11.9. The molecular formula is C30H26O7. The van der Waals surface area contributed by atoms with E-state index in [9.17, 15) is 20.1 Å². The third-order valence-electron chi connectivity index (χ3n) is 7.55. The molecule has 0 amide bonds. The second kappa shape index (κ2) is 8.62. The summed E-state index contributed by atoms with van der Waals surface area (Å²) in [5.74, 6) is 0.643. The first-order chi connectivity index (χ1) is 17.8. The van der Waals surface area contributed by atoms with Gasteiger partial charge >= 0.3 is 5.63 Å². The van der Waals surface area contributed by atoms with E-state index in [1.165, 1.54) is 17.7 Å². The maximum Gasteiger partial charge on any atom is 0.336 e. The predicted molar refractivity (Wildman–Crippen MR) is 138 cm³/mol. The van der Waals surface area contributed by atoms with E-state index in [0.29, 0.717) is 17.1 Å². The van der Waals surface area contributed by atoms with Crippen molar-refractivity contribution in [2.24, 2.45) is 5.92 Å². The molecule has 0 fully saturated rings. The SMILES string of the molecule is COc1cc(O)ccc1[C@H]1Oc2cc3oc(=O)ccc3cc2C2C=C(C)CC(c3ccc(O)c(O)c3)[C@@H]21. The minimum Gasteiger partial charge on any atom is -0.508 e. The molecule has 2 aliphatic rings. The number of rotatable bonds is 3. The van der Waals surface area contributed by atoms with Gasteiger partial charge in [0.1, 0.15) is 28.9 Å². The van der Waals surface area contributed by atoms with Crippen molar-refractivity contribution in [3.63, 3.8) is 0 Å². The summed E-state index contributed by atoms with van der Waals surface area (Å²) in [5.41, 5.74) is 3.85. The van der Waals surface area contributed by atoms with E-state index in [-0.39, 0.29) is 35.0 Å². The van der Waals surface area contributed by atoms with Gasteiger partial charge in [0.25, 0.3) is 0 Å². The lowest BCUT2D eigenvalue weighted by Gasteiger charge is -2.46. The van der Waals surface area contributed by atoms with Crippen molar-refractivity contribution in [1.29, 1.82) is 0 Å². The lowest BCUT2D eigenvalue weighted by Crippen LogP contribution is -2.36. The number of phenolic OH excluding ortho intramolecular Hbond substituents is 3. The van der Waals surface area contributed by atoms with Gasteiger partial charge < -0.3 is 29.2 Å². The monoisotopic (exact) mass is 498 g/mol. The molecule has 0 bridgehead atoms. The quantitative estimate of drug-likeness (QED) is 0.184. The molecule has 1 aromatic heterocycles. The number of allylic oxidation sites excluding steroid dienone is 2. The van der Waals surface area contributed by atoms with Gasteiger partial charge in [-0.05, 0) is 61.2 Å². The Morgan fingerprint density at radius 1 is 0.919 bits per heavy atom. The van der Waals surface area contributed by atoms with Crippen LogP contribution in [0.3, 0.4) is 0 Å². The first-order valence-electron chi connectivity index (χ1n) is 12.1. The average molecular weight is 499 g/mol. The Morgan fingerprint density at radius 3 is 2.54 bits per heavy atom. The Bertz CT molecular complexity index is 1620. The molecular weight excluding hydrogens is 472 g/mol. The molecule has 0 saturated carbocycles. The number of hydrogen-bond donors (Lipinski definition) is 3. The highest BCUT2D eigenvalue weighted by Crippen LogP contribution is 2.58. The fourth-order valence-corrected chi connectivity index (χ4v) is 5.92. The minimum absolute atomic E-state index is 0.0532. The number of hydrogen-bond acceptors (Lipinski definition) is 7. The van der Waals surface area contributed by atoms with Crippen LogP contribution < -0.4 is 15.1 Å². The van der Waals surface area contributed by atoms with E-state index < -0.39 is 11.7 Å². The Labute approximate surface area is 212 Å². The van der Waals surface area contributed by atoms with Crippen molar-refractivity contribution in [1.82, 2.24) is 0 Å². The fraction of sp³-hybridized carbons (Fsp3) is 0.233. The van der Waals surface area contributed by atoms with Gasteiger partial charge in [0.05, 0.1) is 7.11 Å². The van der Waals surface area contributed by atoms with Gasteiger partial charge in [-0.1, -0.05) is 17.7 Å². The number of phenols is 3. The van der Waals surface area contributed by atoms with Crippen LogP contribution >= 0.6 is 0 Å². The van der Waals surface area contributed by atoms with Crippen molar-refractivity contribution in [2.45, 2.75) is 31.3 Å². The van der Waals surface area contributed by atoms with E-state index in [1.807, 2.05) is 12.1 Å². The van der Waals surface area contributed by atoms with Crippen molar-refractivity contribution < 1.29 is 29.2 Å². The molecule has 0 saturated heterocycles. The van der Waals surface area contributed by atoms with E-state index in [0.717, 1.165) is 28.5 Å². The summed E-state index contributed by atoms with van der Waals surface area (Å²) in [5, 5.41) is 31.2. The normalized spacial score (nSPS) is 22.5. The topological polar surface area (TPSA) is 109 Å². The van der Waals surface area contributed by atoms with Crippen LogP contribution in [0.25, 0.3) is 11.0 Å². The van der Waals surface area contributed by atoms with Gasteiger partial charge in [0.15, 0.2) is 11.5 Å². The van der Waals surface area contributed by atoms with Crippen LogP contribution in [0.4, 0.5) is 0 Å². The van der Waals surface area contributed by atoms with Crippen LogP contribution in [0.5, 0.6) is 28.7 Å². The lowest BCUT2D eigenvalue weighted by molar-refractivity contribution is 0.0776. The number of fused-ring (bicyclic) bond motifs is 4. The molecule has 2 heterocycles. The Hall–Kier alpha value is -4.39. The second-order valence-electron chi connectivity index (χ2n) is 9.82. The zero-order chi connectivity index (χ0) is 25.8. The van der Waals surface area contributed by atoms with Crippen LogP contribution in [0.2, 0.25) is 0 Å². The zero-order valence-electron chi connectivity index (χ0n) is 20.3. The van der Waals surface area contributed by atoms with E-state index in [2.05, 4.69) is 13.0 Å². The second-order valence-corrected chi connectivity index (χ2v) is 9.82. The Balaban J connectivity index is 1.59. The first-order valence-corrected chi connectivity index (χ1v) is 12.1. The third kappa shape index (κ3) is 3.87. The number of methoxy groups -OCH3 is 1. The smallest absolute Gasteiger partial charge is 0.336 e. The standard InChI is InChI=1S/C30H26O7/c1-15-9-20(16-3-7-23(32)24(33)12-16)29-22(10-15)21-11-17-4-8-28(34)36-25(17)14-27(21)37-30(29)19-6-5-18(31)13-26(19)35-2/h3-8,10-14,20,22,29-33H,9H2,1-2H3/t20?,22?,29-,30+/m0/s1. The highest BCUT2D eigenvalue weighted by atomic mass is 16.5. The fourth-order valence-electron chi connectivity index (χ4n) is 5.92. The zero-order valence-corrected chi connectivity index (χ0v) is 20.3. The van der Waals surface area contributed by atoms with Crippen molar-refractivity contribution in [3.05, 3.63) is 99.4 Å². The largest absolute Gasteiger partial charge is 0.508 e. The van der Waals surface area contributed by atoms with E-state index >= 15 is 0 Å². The van der Waals surface area contributed by atoms with Gasteiger partial charge in [-0.25, -0.2) is 4.79 Å². The molecule has 3 aromatic carbocycles. The molecule has 6 rings (SSSR count). The highest BCUT2D eigenvalue weighted by Gasteiger charge is 2.46. The highest BCUT2D eigenvalue weighted by molar-refractivity contribution is 5.80. The van der Waals surface area contributed by atoms with Crippen molar-refractivity contribution in [3.8, 4) is 28.7 Å². The summed E-state index contributed by atoms with van der Waals surface area (Å²) in [6.07, 6.45) is 2.52. The first kappa shape index (κ1) is 23.0. The van der Waals surface area contributed by atoms with Crippen molar-refractivity contribution >= 4 is 11.0 Å². The number of ether oxygens (including phenoxy) is 2. The molecule has 37 heavy (non-hydrogen) atoms. The lowest BCUT2D eigenvalue weighted by atomic mass is 9.64. The molecule has 7 nitrogen and oxygen atoms in total. The Morgan fingerprint density at radius 2 is 1.76 bits per heavy atom. The predicted octanol–water partition coefficient (Wildman–Crippen LogP) is 5.89. The van der Waals surface area contributed by atoms with Gasteiger partial charge in [0, 0.05) is 46.5 Å². The molecule has 3 N–H and O–H groups in total. The summed E-state index contributed by atoms with van der Waals surface area (Å²) < 4.78 is 17.8. The molecule has 188 valence electrons. The molecule has 4 atom stereocenters. The molecule has 1 aliphatic carbocycles. The summed E-state index contributed by atoms with van der Waals surface area (Å²) in [4.78, 5) is 11.9. The van der Waals surface area contributed by atoms with Gasteiger partial charge in [0.2, 0.25) is 0 Å². The number of aromatic hydroxyl groups is 3. The molecule has 4 aromatic rings.